The van der Waals surface area contributed by atoms with Crippen molar-refractivity contribution in [3.05, 3.63) is 24.3 Å². The molecule has 1 aromatic rings. The molecule has 1 saturated heterocycles. The van der Waals surface area contributed by atoms with E-state index in [1.54, 1.807) is 28.6 Å². The Hall–Kier alpha value is -1.11. The Labute approximate surface area is 127 Å². The van der Waals surface area contributed by atoms with Gasteiger partial charge in [0.15, 0.2) is 0 Å². The smallest absolute Gasteiger partial charge is 0.243 e. The van der Waals surface area contributed by atoms with Crippen LogP contribution in [0, 0.1) is 0 Å². The topological polar surface area (TPSA) is 58.6 Å². The van der Waals surface area contributed by atoms with E-state index in [2.05, 4.69) is 5.32 Å². The zero-order valence-electron chi connectivity index (χ0n) is 12.7. The molecule has 6 heteroatoms. The van der Waals surface area contributed by atoms with Crippen molar-refractivity contribution in [1.29, 1.82) is 0 Å². The van der Waals surface area contributed by atoms with Crippen molar-refractivity contribution < 1.29 is 13.2 Å². The predicted octanol–water partition coefficient (Wildman–Crippen LogP) is 1.85. The lowest BCUT2D eigenvalue weighted by Gasteiger charge is -2.37. The molecule has 1 aliphatic rings. The monoisotopic (exact) mass is 312 g/mol. The molecule has 2 rings (SSSR count). The van der Waals surface area contributed by atoms with E-state index in [4.69, 9.17) is 4.74 Å². The van der Waals surface area contributed by atoms with Crippen LogP contribution in [0.2, 0.25) is 0 Å². The molecule has 0 saturated carbocycles. The molecule has 0 aliphatic carbocycles. The Morgan fingerprint density at radius 2 is 1.86 bits per heavy atom. The Balaban J connectivity index is 2.16. The normalized spacial score (nSPS) is 16.0. The first kappa shape index (κ1) is 16.3. The van der Waals surface area contributed by atoms with E-state index in [-0.39, 0.29) is 6.04 Å². The van der Waals surface area contributed by atoms with Crippen LogP contribution in [0.1, 0.15) is 26.7 Å². The molecule has 1 N–H and O–H groups in total. The second-order valence-electron chi connectivity index (χ2n) is 5.25. The third-order valence-corrected chi connectivity index (χ3v) is 5.48. The van der Waals surface area contributed by atoms with Gasteiger partial charge >= 0.3 is 0 Å². The van der Waals surface area contributed by atoms with Gasteiger partial charge in [0.1, 0.15) is 5.75 Å². The predicted molar refractivity (Wildman–Crippen MR) is 83.1 cm³/mol. The van der Waals surface area contributed by atoms with Gasteiger partial charge in [0.05, 0.1) is 17.5 Å². The van der Waals surface area contributed by atoms with Gasteiger partial charge < -0.3 is 10.1 Å². The summed E-state index contributed by atoms with van der Waals surface area (Å²) in [5.74, 6) is 0.711. The molecular formula is C15H24N2O3S. The second kappa shape index (κ2) is 7.24. The van der Waals surface area contributed by atoms with E-state index in [0.29, 0.717) is 23.8 Å². The fourth-order valence-electron chi connectivity index (χ4n) is 2.26. The highest BCUT2D eigenvalue weighted by Gasteiger charge is 2.34. The first-order valence-electron chi connectivity index (χ1n) is 7.55. The highest BCUT2D eigenvalue weighted by atomic mass is 32.2. The SMILES string of the molecule is CCCOc1ccc(S(=O)(=O)N(CCC)C2CNC2)cc1. The maximum Gasteiger partial charge on any atom is 0.243 e. The molecule has 0 unspecified atom stereocenters. The lowest BCUT2D eigenvalue weighted by molar-refractivity contribution is 0.242. The average molecular weight is 312 g/mol. The standard InChI is InChI=1S/C15H24N2O3S/c1-3-9-17(13-11-16-12-13)21(18,19)15-7-5-14(6-8-15)20-10-4-2/h5-8,13,16H,3-4,9-12H2,1-2H3. The minimum atomic E-state index is -3.42. The van der Waals surface area contributed by atoms with Crippen LogP contribution in [0.25, 0.3) is 0 Å². The summed E-state index contributed by atoms with van der Waals surface area (Å²) >= 11 is 0. The van der Waals surface area contributed by atoms with Crippen LogP contribution in [-0.4, -0.2) is 45.0 Å². The van der Waals surface area contributed by atoms with Gasteiger partial charge in [0, 0.05) is 19.6 Å². The Kier molecular flexibility index (Phi) is 5.61. The zero-order chi connectivity index (χ0) is 15.3. The first-order chi connectivity index (χ1) is 10.1. The Bertz CT molecular complexity index is 539. The van der Waals surface area contributed by atoms with Crippen LogP contribution < -0.4 is 10.1 Å². The van der Waals surface area contributed by atoms with Gasteiger partial charge in [0.25, 0.3) is 0 Å². The maximum atomic E-state index is 12.7. The summed E-state index contributed by atoms with van der Waals surface area (Å²) in [5, 5.41) is 3.13. The van der Waals surface area contributed by atoms with Gasteiger partial charge in [-0.25, -0.2) is 8.42 Å². The van der Waals surface area contributed by atoms with Gasteiger partial charge in [-0.05, 0) is 37.1 Å². The molecule has 0 bridgehead atoms. The summed E-state index contributed by atoms with van der Waals surface area (Å²) in [6.07, 6.45) is 1.74. The minimum Gasteiger partial charge on any atom is -0.494 e. The molecule has 118 valence electrons. The summed E-state index contributed by atoms with van der Waals surface area (Å²) in [7, 11) is -3.42. The van der Waals surface area contributed by atoms with Crippen molar-refractivity contribution in [1.82, 2.24) is 9.62 Å². The van der Waals surface area contributed by atoms with Crippen molar-refractivity contribution in [3.63, 3.8) is 0 Å². The number of nitrogens with zero attached hydrogens (tertiary/aromatic N) is 1. The molecule has 5 nitrogen and oxygen atoms in total. The lowest BCUT2D eigenvalue weighted by atomic mass is 10.2. The molecule has 0 radical (unpaired) electrons. The van der Waals surface area contributed by atoms with Crippen molar-refractivity contribution in [2.75, 3.05) is 26.2 Å². The van der Waals surface area contributed by atoms with E-state index < -0.39 is 10.0 Å². The van der Waals surface area contributed by atoms with Crippen molar-refractivity contribution >= 4 is 10.0 Å². The largest absolute Gasteiger partial charge is 0.494 e. The summed E-state index contributed by atoms with van der Waals surface area (Å²) in [6, 6.07) is 6.80. The molecule has 0 amide bonds. The van der Waals surface area contributed by atoms with Gasteiger partial charge in [-0.1, -0.05) is 13.8 Å². The molecule has 0 aromatic heterocycles. The highest BCUT2D eigenvalue weighted by Crippen LogP contribution is 2.23. The molecule has 1 aliphatic heterocycles. The maximum absolute atomic E-state index is 12.7. The van der Waals surface area contributed by atoms with Crippen LogP contribution in [0.5, 0.6) is 5.75 Å². The van der Waals surface area contributed by atoms with Gasteiger partial charge in [-0.3, -0.25) is 0 Å². The summed E-state index contributed by atoms with van der Waals surface area (Å²) < 4.78 is 32.6. The molecule has 21 heavy (non-hydrogen) atoms. The average Bonchev–Trinajstić information content (AvgIpc) is 2.43. The fraction of sp³-hybridized carbons (Fsp3) is 0.600. The van der Waals surface area contributed by atoms with Crippen LogP contribution >= 0.6 is 0 Å². The van der Waals surface area contributed by atoms with Gasteiger partial charge in [-0.2, -0.15) is 4.31 Å². The Morgan fingerprint density at radius 3 is 2.33 bits per heavy atom. The highest BCUT2D eigenvalue weighted by molar-refractivity contribution is 7.89. The summed E-state index contributed by atoms with van der Waals surface area (Å²) in [4.78, 5) is 0.340. The lowest BCUT2D eigenvalue weighted by Crippen LogP contribution is -2.58. The molecule has 1 fully saturated rings. The fourth-order valence-corrected chi connectivity index (χ4v) is 3.97. The molecule has 1 heterocycles. The van der Waals surface area contributed by atoms with E-state index in [9.17, 15) is 8.42 Å². The third kappa shape index (κ3) is 3.75. The van der Waals surface area contributed by atoms with E-state index in [1.807, 2.05) is 13.8 Å². The third-order valence-electron chi connectivity index (χ3n) is 3.51. The van der Waals surface area contributed by atoms with E-state index in [0.717, 1.165) is 25.9 Å². The van der Waals surface area contributed by atoms with Crippen molar-refractivity contribution in [3.8, 4) is 5.75 Å². The van der Waals surface area contributed by atoms with Gasteiger partial charge in [0.2, 0.25) is 10.0 Å². The van der Waals surface area contributed by atoms with Crippen LogP contribution in [0.15, 0.2) is 29.2 Å². The van der Waals surface area contributed by atoms with Crippen molar-refractivity contribution in [2.45, 2.75) is 37.6 Å². The van der Waals surface area contributed by atoms with Crippen LogP contribution in [0.4, 0.5) is 0 Å². The molecule has 0 atom stereocenters. The second-order valence-corrected chi connectivity index (χ2v) is 7.14. The number of hydrogen-bond donors (Lipinski definition) is 1. The van der Waals surface area contributed by atoms with Crippen molar-refractivity contribution in [2.24, 2.45) is 0 Å². The summed E-state index contributed by atoms with van der Waals surface area (Å²) in [5.41, 5.74) is 0. The van der Waals surface area contributed by atoms with Crippen LogP contribution in [0.3, 0.4) is 0 Å². The van der Waals surface area contributed by atoms with Gasteiger partial charge in [-0.15, -0.1) is 0 Å². The molecule has 0 spiro atoms. The number of sulfonamides is 1. The Morgan fingerprint density at radius 1 is 1.19 bits per heavy atom. The summed E-state index contributed by atoms with van der Waals surface area (Å²) in [6.45, 7) is 6.70. The van der Waals surface area contributed by atoms with Crippen LogP contribution in [-0.2, 0) is 10.0 Å². The zero-order valence-corrected chi connectivity index (χ0v) is 13.5. The number of nitrogens with one attached hydrogen (secondary N) is 1. The minimum absolute atomic E-state index is 0.0750. The quantitative estimate of drug-likeness (QED) is 0.796. The molecule has 1 aromatic carbocycles. The van der Waals surface area contributed by atoms with E-state index >= 15 is 0 Å². The van der Waals surface area contributed by atoms with E-state index in [1.165, 1.54) is 0 Å². The molecular weight excluding hydrogens is 288 g/mol. The number of rotatable bonds is 8. The number of ether oxygens (including phenoxy) is 1. The number of hydrogen-bond acceptors (Lipinski definition) is 4. The first-order valence-corrected chi connectivity index (χ1v) is 8.99. The number of benzene rings is 1.